The lowest BCUT2D eigenvalue weighted by Gasteiger charge is -2.09. The molecule has 0 saturated carbocycles. The van der Waals surface area contributed by atoms with Gasteiger partial charge in [-0.1, -0.05) is 45.4 Å². The van der Waals surface area contributed by atoms with Crippen molar-refractivity contribution in [2.75, 3.05) is 20.1 Å². The summed E-state index contributed by atoms with van der Waals surface area (Å²) < 4.78 is 0. The van der Waals surface area contributed by atoms with E-state index in [2.05, 4.69) is 18.9 Å². The van der Waals surface area contributed by atoms with Crippen molar-refractivity contribution in [1.29, 1.82) is 0 Å². The van der Waals surface area contributed by atoms with Crippen LogP contribution in [0.2, 0.25) is 0 Å². The first-order valence-corrected chi connectivity index (χ1v) is 6.51. The normalized spacial score (nSPS) is 23.1. The fourth-order valence-corrected chi connectivity index (χ4v) is 2.48. The number of nitrogens with zero attached hydrogens (tertiary/aromatic N) is 1. The number of likely N-dealkylation sites (tertiary alicyclic amines) is 1. The molecule has 0 aliphatic carbocycles. The van der Waals surface area contributed by atoms with Crippen molar-refractivity contribution in [1.82, 2.24) is 4.90 Å². The van der Waals surface area contributed by atoms with Crippen LogP contribution in [0.1, 0.15) is 58.3 Å². The fraction of sp³-hybridized carbons (Fsp3) is 1.00. The summed E-state index contributed by atoms with van der Waals surface area (Å²) in [6.07, 6.45) is 11.6. The first-order valence-electron chi connectivity index (χ1n) is 6.51. The minimum atomic E-state index is 1.02. The summed E-state index contributed by atoms with van der Waals surface area (Å²) in [7, 11) is 2.25. The van der Waals surface area contributed by atoms with Crippen LogP contribution in [0.15, 0.2) is 0 Å². The Morgan fingerprint density at radius 2 is 1.79 bits per heavy atom. The van der Waals surface area contributed by atoms with E-state index in [9.17, 15) is 0 Å². The maximum atomic E-state index is 2.47. The molecule has 1 unspecified atom stereocenters. The molecule has 0 aromatic heterocycles. The van der Waals surface area contributed by atoms with Crippen LogP contribution in [0.5, 0.6) is 0 Å². The molecule has 0 spiro atoms. The highest BCUT2D eigenvalue weighted by Crippen LogP contribution is 2.21. The van der Waals surface area contributed by atoms with Gasteiger partial charge in [-0.2, -0.15) is 0 Å². The molecule has 0 radical (unpaired) electrons. The Bertz CT molecular complexity index is 133. The molecule has 84 valence electrons. The maximum Gasteiger partial charge on any atom is 0.000708 e. The second-order valence-corrected chi connectivity index (χ2v) is 4.97. The monoisotopic (exact) mass is 197 g/mol. The lowest BCUT2D eigenvalue weighted by molar-refractivity contribution is 0.382. The molecule has 1 rings (SSSR count). The Balaban J connectivity index is 1.84. The van der Waals surface area contributed by atoms with Gasteiger partial charge in [0.15, 0.2) is 0 Å². The summed E-state index contributed by atoms with van der Waals surface area (Å²) >= 11 is 0. The topological polar surface area (TPSA) is 3.24 Å². The number of hydrogen-bond acceptors (Lipinski definition) is 1. The van der Waals surface area contributed by atoms with E-state index in [4.69, 9.17) is 0 Å². The molecule has 0 amide bonds. The third-order valence-electron chi connectivity index (χ3n) is 3.45. The van der Waals surface area contributed by atoms with Crippen LogP contribution in [-0.2, 0) is 0 Å². The first kappa shape index (κ1) is 12.0. The average Bonchev–Trinajstić information content (AvgIpc) is 2.58. The van der Waals surface area contributed by atoms with E-state index in [0.29, 0.717) is 0 Å². The van der Waals surface area contributed by atoms with E-state index in [-0.39, 0.29) is 0 Å². The summed E-state index contributed by atoms with van der Waals surface area (Å²) in [5.41, 5.74) is 0. The quantitative estimate of drug-likeness (QED) is 0.563. The van der Waals surface area contributed by atoms with Gasteiger partial charge in [-0.3, -0.25) is 0 Å². The number of hydrogen-bond donors (Lipinski definition) is 0. The number of rotatable bonds is 7. The van der Waals surface area contributed by atoms with Crippen molar-refractivity contribution in [2.45, 2.75) is 58.3 Å². The van der Waals surface area contributed by atoms with Gasteiger partial charge in [0, 0.05) is 6.54 Å². The van der Waals surface area contributed by atoms with Gasteiger partial charge in [0.25, 0.3) is 0 Å². The third kappa shape index (κ3) is 4.99. The van der Waals surface area contributed by atoms with Crippen LogP contribution in [0.3, 0.4) is 0 Å². The smallest absolute Gasteiger partial charge is 0.000708 e. The Labute approximate surface area is 89.9 Å². The molecule has 1 nitrogen and oxygen atoms in total. The summed E-state index contributed by atoms with van der Waals surface area (Å²) in [4.78, 5) is 2.47. The Morgan fingerprint density at radius 1 is 1.07 bits per heavy atom. The van der Waals surface area contributed by atoms with Gasteiger partial charge < -0.3 is 4.90 Å². The molecule has 1 aliphatic heterocycles. The number of unbranched alkanes of at least 4 members (excludes halogenated alkanes) is 5. The molecular formula is C13H27N. The zero-order valence-corrected chi connectivity index (χ0v) is 10.1. The van der Waals surface area contributed by atoms with Crippen molar-refractivity contribution in [3.05, 3.63) is 0 Å². The van der Waals surface area contributed by atoms with Gasteiger partial charge in [-0.05, 0) is 32.4 Å². The van der Waals surface area contributed by atoms with E-state index in [1.807, 2.05) is 0 Å². The molecule has 0 aromatic rings. The van der Waals surface area contributed by atoms with Crippen LogP contribution in [0.25, 0.3) is 0 Å². The molecule has 0 aromatic carbocycles. The van der Waals surface area contributed by atoms with Gasteiger partial charge in [-0.15, -0.1) is 0 Å². The van der Waals surface area contributed by atoms with Gasteiger partial charge in [-0.25, -0.2) is 0 Å². The van der Waals surface area contributed by atoms with Gasteiger partial charge in [0.2, 0.25) is 0 Å². The molecule has 1 aliphatic rings. The highest BCUT2D eigenvalue weighted by atomic mass is 15.1. The lowest BCUT2D eigenvalue weighted by Crippen LogP contribution is -2.13. The zero-order valence-electron chi connectivity index (χ0n) is 10.1. The predicted molar refractivity (Wildman–Crippen MR) is 63.6 cm³/mol. The molecule has 1 saturated heterocycles. The zero-order chi connectivity index (χ0) is 10.2. The molecule has 1 heteroatoms. The molecule has 0 bridgehead atoms. The first-order chi connectivity index (χ1) is 6.83. The largest absolute Gasteiger partial charge is 0.306 e. The second kappa shape index (κ2) is 7.28. The van der Waals surface area contributed by atoms with Crippen molar-refractivity contribution in [2.24, 2.45) is 5.92 Å². The minimum absolute atomic E-state index is 1.02. The summed E-state index contributed by atoms with van der Waals surface area (Å²) in [6, 6.07) is 0. The Hall–Kier alpha value is -0.0400. The molecule has 0 N–H and O–H groups in total. The fourth-order valence-electron chi connectivity index (χ4n) is 2.48. The standard InChI is InChI=1S/C13H27N/c1-3-4-5-6-7-8-9-13-10-11-14(2)12-13/h13H,3-12H2,1-2H3. The molecule has 1 fully saturated rings. The average molecular weight is 197 g/mol. The lowest BCUT2D eigenvalue weighted by atomic mass is 10.00. The van der Waals surface area contributed by atoms with Crippen LogP contribution in [0.4, 0.5) is 0 Å². The van der Waals surface area contributed by atoms with E-state index >= 15 is 0 Å². The summed E-state index contributed by atoms with van der Waals surface area (Å²) in [6.45, 7) is 4.98. The summed E-state index contributed by atoms with van der Waals surface area (Å²) in [5.74, 6) is 1.02. The van der Waals surface area contributed by atoms with Crippen LogP contribution in [0, 0.1) is 5.92 Å². The van der Waals surface area contributed by atoms with Crippen LogP contribution in [-0.4, -0.2) is 25.0 Å². The molecule has 1 atom stereocenters. The minimum Gasteiger partial charge on any atom is -0.306 e. The predicted octanol–water partition coefficient (Wildman–Crippen LogP) is 3.69. The highest BCUT2D eigenvalue weighted by Gasteiger charge is 2.18. The molecular weight excluding hydrogens is 170 g/mol. The molecule has 14 heavy (non-hydrogen) atoms. The Kier molecular flexibility index (Phi) is 6.25. The third-order valence-corrected chi connectivity index (χ3v) is 3.45. The van der Waals surface area contributed by atoms with Crippen molar-refractivity contribution in [3.63, 3.8) is 0 Å². The van der Waals surface area contributed by atoms with Crippen molar-refractivity contribution >= 4 is 0 Å². The Morgan fingerprint density at radius 3 is 2.43 bits per heavy atom. The van der Waals surface area contributed by atoms with E-state index < -0.39 is 0 Å². The highest BCUT2D eigenvalue weighted by molar-refractivity contribution is 4.72. The molecule has 1 heterocycles. The van der Waals surface area contributed by atoms with Crippen LogP contribution >= 0.6 is 0 Å². The van der Waals surface area contributed by atoms with Gasteiger partial charge in [0.1, 0.15) is 0 Å². The summed E-state index contributed by atoms with van der Waals surface area (Å²) in [5, 5.41) is 0. The van der Waals surface area contributed by atoms with E-state index in [1.165, 1.54) is 64.5 Å². The van der Waals surface area contributed by atoms with E-state index in [0.717, 1.165) is 5.92 Å². The van der Waals surface area contributed by atoms with E-state index in [1.54, 1.807) is 0 Å². The van der Waals surface area contributed by atoms with Gasteiger partial charge in [0.05, 0.1) is 0 Å². The van der Waals surface area contributed by atoms with Gasteiger partial charge >= 0.3 is 0 Å². The second-order valence-electron chi connectivity index (χ2n) is 4.97. The van der Waals surface area contributed by atoms with Crippen molar-refractivity contribution in [3.8, 4) is 0 Å². The SMILES string of the molecule is CCCCCCCCC1CCN(C)C1. The van der Waals surface area contributed by atoms with Crippen molar-refractivity contribution < 1.29 is 0 Å². The maximum absolute atomic E-state index is 2.47. The van der Waals surface area contributed by atoms with Crippen LogP contribution < -0.4 is 0 Å².